The molecule has 1 aromatic rings. The summed E-state index contributed by atoms with van der Waals surface area (Å²) in [4.78, 5) is 11.9. The molecular weight excluding hydrogens is 244 g/mol. The molecule has 1 aliphatic heterocycles. The minimum atomic E-state index is -0.842. The molecule has 0 saturated carbocycles. The zero-order valence-corrected chi connectivity index (χ0v) is 11.3. The normalized spacial score (nSPS) is 21.7. The molecule has 0 radical (unpaired) electrons. The van der Waals surface area contributed by atoms with Crippen molar-refractivity contribution in [2.24, 2.45) is 11.7 Å². The maximum absolute atomic E-state index is 11.9. The number of hydrogen-bond acceptors (Lipinski definition) is 4. The van der Waals surface area contributed by atoms with Crippen LogP contribution in [0, 0.1) is 5.92 Å². The largest absolute Gasteiger partial charge is 0.495 e. The number of methoxy groups -OCH3 is 1. The second kappa shape index (κ2) is 5.48. The van der Waals surface area contributed by atoms with Gasteiger partial charge in [0.05, 0.1) is 19.4 Å². The number of ether oxygens (including phenoxy) is 2. The third-order valence-electron chi connectivity index (χ3n) is 3.76. The van der Waals surface area contributed by atoms with Crippen molar-refractivity contribution >= 4 is 11.6 Å². The lowest BCUT2D eigenvalue weighted by Gasteiger charge is -2.34. The molecule has 0 aromatic heterocycles. The van der Waals surface area contributed by atoms with Crippen LogP contribution < -0.4 is 15.8 Å². The van der Waals surface area contributed by atoms with Gasteiger partial charge in [0.25, 0.3) is 0 Å². The molecule has 2 unspecified atom stereocenters. The van der Waals surface area contributed by atoms with Gasteiger partial charge in [0.2, 0.25) is 5.91 Å². The first kappa shape index (κ1) is 13.7. The summed E-state index contributed by atoms with van der Waals surface area (Å²) < 4.78 is 10.7. The number of rotatable bonds is 5. The highest BCUT2D eigenvalue weighted by molar-refractivity contribution is 5.88. The van der Waals surface area contributed by atoms with Crippen molar-refractivity contribution in [3.8, 4) is 5.75 Å². The average Bonchev–Trinajstić information content (AvgIpc) is 2.93. The van der Waals surface area contributed by atoms with Crippen LogP contribution in [0.3, 0.4) is 0 Å². The summed E-state index contributed by atoms with van der Waals surface area (Å²) in [5.41, 5.74) is 5.51. The number of amides is 1. The number of nitrogens with one attached hydrogen (secondary N) is 1. The Kier molecular flexibility index (Phi) is 3.95. The molecule has 2 atom stereocenters. The first-order chi connectivity index (χ1) is 9.08. The summed E-state index contributed by atoms with van der Waals surface area (Å²) in [5.74, 6) is 0.373. The van der Waals surface area contributed by atoms with Gasteiger partial charge < -0.3 is 20.5 Å². The SMILES string of the molecule is COc1ccccc1NC(C)(C(N)=O)C1CCOC1. The van der Waals surface area contributed by atoms with E-state index in [9.17, 15) is 4.79 Å². The number of carbonyl (C=O) groups is 1. The van der Waals surface area contributed by atoms with Gasteiger partial charge in [-0.3, -0.25) is 4.79 Å². The molecule has 2 rings (SSSR count). The van der Waals surface area contributed by atoms with E-state index < -0.39 is 5.54 Å². The highest BCUT2D eigenvalue weighted by Gasteiger charge is 2.42. The number of benzene rings is 1. The van der Waals surface area contributed by atoms with Crippen molar-refractivity contribution in [1.29, 1.82) is 0 Å². The number of primary amides is 1. The van der Waals surface area contributed by atoms with E-state index in [4.69, 9.17) is 15.2 Å². The van der Waals surface area contributed by atoms with Crippen molar-refractivity contribution < 1.29 is 14.3 Å². The van der Waals surface area contributed by atoms with Crippen molar-refractivity contribution in [3.05, 3.63) is 24.3 Å². The van der Waals surface area contributed by atoms with E-state index in [0.717, 1.165) is 12.1 Å². The minimum absolute atomic E-state index is 0.0647. The molecule has 1 aliphatic rings. The third-order valence-corrected chi connectivity index (χ3v) is 3.76. The Morgan fingerprint density at radius 2 is 2.26 bits per heavy atom. The molecule has 0 bridgehead atoms. The molecular formula is C14H20N2O3. The van der Waals surface area contributed by atoms with Crippen molar-refractivity contribution in [2.75, 3.05) is 25.6 Å². The first-order valence-electron chi connectivity index (χ1n) is 6.37. The summed E-state index contributed by atoms with van der Waals surface area (Å²) in [6.45, 7) is 3.03. The second-order valence-corrected chi connectivity index (χ2v) is 4.95. The van der Waals surface area contributed by atoms with Crippen LogP contribution in [-0.2, 0) is 9.53 Å². The van der Waals surface area contributed by atoms with Gasteiger partial charge in [-0.25, -0.2) is 0 Å². The highest BCUT2D eigenvalue weighted by Crippen LogP contribution is 2.33. The highest BCUT2D eigenvalue weighted by atomic mass is 16.5. The van der Waals surface area contributed by atoms with Gasteiger partial charge in [0.1, 0.15) is 11.3 Å². The predicted octanol–water partition coefficient (Wildman–Crippen LogP) is 1.39. The Balaban J connectivity index is 2.27. The fourth-order valence-corrected chi connectivity index (χ4v) is 2.38. The first-order valence-corrected chi connectivity index (χ1v) is 6.37. The Labute approximate surface area is 113 Å². The molecule has 1 aromatic carbocycles. The van der Waals surface area contributed by atoms with Crippen LogP contribution in [-0.4, -0.2) is 31.8 Å². The maximum atomic E-state index is 11.9. The van der Waals surface area contributed by atoms with Crippen LogP contribution in [0.15, 0.2) is 24.3 Å². The van der Waals surface area contributed by atoms with E-state index in [1.807, 2.05) is 31.2 Å². The zero-order valence-electron chi connectivity index (χ0n) is 11.3. The van der Waals surface area contributed by atoms with E-state index in [0.29, 0.717) is 19.0 Å². The van der Waals surface area contributed by atoms with Gasteiger partial charge in [-0.2, -0.15) is 0 Å². The van der Waals surface area contributed by atoms with E-state index >= 15 is 0 Å². The molecule has 0 spiro atoms. The van der Waals surface area contributed by atoms with Crippen molar-refractivity contribution in [2.45, 2.75) is 18.9 Å². The van der Waals surface area contributed by atoms with Crippen LogP contribution in [0.5, 0.6) is 5.75 Å². The average molecular weight is 264 g/mol. The Morgan fingerprint density at radius 3 is 2.84 bits per heavy atom. The number of carbonyl (C=O) groups excluding carboxylic acids is 1. The standard InChI is InChI=1S/C14H20N2O3/c1-14(13(15)17,10-7-8-19-9-10)16-11-5-3-4-6-12(11)18-2/h3-6,10,16H,7-9H2,1-2H3,(H2,15,17). The van der Waals surface area contributed by atoms with Crippen LogP contribution in [0.4, 0.5) is 5.69 Å². The van der Waals surface area contributed by atoms with Gasteiger partial charge in [-0.1, -0.05) is 12.1 Å². The molecule has 3 N–H and O–H groups in total. The molecule has 5 nitrogen and oxygen atoms in total. The van der Waals surface area contributed by atoms with Crippen molar-refractivity contribution in [1.82, 2.24) is 0 Å². The number of nitrogens with two attached hydrogens (primary N) is 1. The molecule has 104 valence electrons. The zero-order chi connectivity index (χ0) is 13.9. The third kappa shape index (κ3) is 2.66. The summed E-state index contributed by atoms with van der Waals surface area (Å²) >= 11 is 0. The van der Waals surface area contributed by atoms with Crippen molar-refractivity contribution in [3.63, 3.8) is 0 Å². The monoisotopic (exact) mass is 264 g/mol. The Bertz CT molecular complexity index is 458. The predicted molar refractivity (Wildman–Crippen MR) is 73.1 cm³/mol. The fourth-order valence-electron chi connectivity index (χ4n) is 2.38. The van der Waals surface area contributed by atoms with Gasteiger partial charge in [-0.05, 0) is 25.5 Å². The van der Waals surface area contributed by atoms with Crippen LogP contribution >= 0.6 is 0 Å². The number of hydrogen-bond donors (Lipinski definition) is 2. The van der Waals surface area contributed by atoms with Gasteiger partial charge in [0, 0.05) is 12.5 Å². The van der Waals surface area contributed by atoms with Gasteiger partial charge in [0.15, 0.2) is 0 Å². The number of anilines is 1. The van der Waals surface area contributed by atoms with Crippen LogP contribution in [0.2, 0.25) is 0 Å². The lowest BCUT2D eigenvalue weighted by Crippen LogP contribution is -2.54. The smallest absolute Gasteiger partial charge is 0.243 e. The lowest BCUT2D eigenvalue weighted by molar-refractivity contribution is -0.123. The van der Waals surface area contributed by atoms with Crippen LogP contribution in [0.25, 0.3) is 0 Å². The summed E-state index contributed by atoms with van der Waals surface area (Å²) in [5, 5.41) is 3.24. The van der Waals surface area contributed by atoms with E-state index in [-0.39, 0.29) is 11.8 Å². The Morgan fingerprint density at radius 1 is 1.53 bits per heavy atom. The molecule has 5 heteroatoms. The summed E-state index contributed by atoms with van der Waals surface area (Å²) in [6, 6.07) is 7.48. The molecule has 0 aliphatic carbocycles. The topological polar surface area (TPSA) is 73.6 Å². The van der Waals surface area contributed by atoms with E-state index in [1.165, 1.54) is 0 Å². The maximum Gasteiger partial charge on any atom is 0.243 e. The van der Waals surface area contributed by atoms with E-state index in [2.05, 4.69) is 5.32 Å². The molecule has 19 heavy (non-hydrogen) atoms. The van der Waals surface area contributed by atoms with Gasteiger partial charge >= 0.3 is 0 Å². The summed E-state index contributed by atoms with van der Waals surface area (Å²) in [7, 11) is 1.60. The van der Waals surface area contributed by atoms with E-state index in [1.54, 1.807) is 7.11 Å². The molecule has 1 heterocycles. The van der Waals surface area contributed by atoms with Crippen LogP contribution in [0.1, 0.15) is 13.3 Å². The molecule has 1 saturated heterocycles. The summed E-state index contributed by atoms with van der Waals surface area (Å²) in [6.07, 6.45) is 0.821. The quantitative estimate of drug-likeness (QED) is 0.842. The fraction of sp³-hybridized carbons (Fsp3) is 0.500. The Hall–Kier alpha value is -1.75. The second-order valence-electron chi connectivity index (χ2n) is 4.95. The lowest BCUT2D eigenvalue weighted by atomic mass is 9.84. The van der Waals surface area contributed by atoms with Gasteiger partial charge in [-0.15, -0.1) is 0 Å². The minimum Gasteiger partial charge on any atom is -0.495 e. The molecule has 1 amide bonds. The molecule has 1 fully saturated rings. The number of para-hydroxylation sites is 2.